The minimum atomic E-state index is -0.993. The van der Waals surface area contributed by atoms with Crippen LogP contribution < -0.4 is 5.73 Å². The van der Waals surface area contributed by atoms with Crippen molar-refractivity contribution >= 4 is 17.7 Å². The van der Waals surface area contributed by atoms with Gasteiger partial charge in [0.2, 0.25) is 0 Å². The first-order valence-electron chi connectivity index (χ1n) is 4.47. The number of nitrogens with two attached hydrogens (primary N) is 1. The fourth-order valence-corrected chi connectivity index (χ4v) is 2.07. The molecular weight excluding hydrogens is 214 g/mol. The molecule has 0 aliphatic rings. The first-order chi connectivity index (χ1) is 7.06. The molecule has 0 aliphatic carbocycles. The van der Waals surface area contributed by atoms with Crippen LogP contribution in [-0.4, -0.2) is 33.3 Å². The lowest BCUT2D eigenvalue weighted by atomic mass is 10.2. The van der Waals surface area contributed by atoms with Gasteiger partial charge in [-0.05, 0) is 13.8 Å². The van der Waals surface area contributed by atoms with Crippen LogP contribution in [0, 0.1) is 13.8 Å². The average Bonchev–Trinajstić information content (AvgIpc) is 2.12. The van der Waals surface area contributed by atoms with Crippen molar-refractivity contribution in [3.8, 4) is 0 Å². The highest BCUT2D eigenvalue weighted by Crippen LogP contribution is 2.22. The molecule has 0 saturated heterocycles. The van der Waals surface area contributed by atoms with E-state index in [0.29, 0.717) is 28.8 Å². The van der Waals surface area contributed by atoms with Gasteiger partial charge in [-0.15, -0.1) is 11.8 Å². The van der Waals surface area contributed by atoms with Gasteiger partial charge >= 0.3 is 5.97 Å². The summed E-state index contributed by atoms with van der Waals surface area (Å²) >= 11 is 1.35. The number of carbonyl (C=O) groups is 1. The largest absolute Gasteiger partial charge is 0.478 e. The molecular formula is C9H13N3O2S. The highest BCUT2D eigenvalue weighted by atomic mass is 32.2. The minimum absolute atomic E-state index is 0.180. The molecule has 0 radical (unpaired) electrons. The van der Waals surface area contributed by atoms with Gasteiger partial charge < -0.3 is 10.8 Å². The Bertz CT molecular complexity index is 382. The van der Waals surface area contributed by atoms with Crippen molar-refractivity contribution in [3.05, 3.63) is 17.1 Å². The normalized spacial score (nSPS) is 10.3. The number of aromatic carboxylic acids is 1. The molecule has 82 valence electrons. The number of aromatic nitrogens is 2. The summed E-state index contributed by atoms with van der Waals surface area (Å²) in [6, 6.07) is 0. The Labute approximate surface area is 92.1 Å². The second-order valence-electron chi connectivity index (χ2n) is 2.98. The zero-order valence-electron chi connectivity index (χ0n) is 8.65. The maximum absolute atomic E-state index is 11.0. The van der Waals surface area contributed by atoms with Crippen LogP contribution in [0.3, 0.4) is 0 Å². The van der Waals surface area contributed by atoms with Crippen molar-refractivity contribution < 1.29 is 9.90 Å². The van der Waals surface area contributed by atoms with Gasteiger partial charge in [0, 0.05) is 12.3 Å². The van der Waals surface area contributed by atoms with E-state index in [0.717, 1.165) is 0 Å². The molecule has 1 aromatic heterocycles. The van der Waals surface area contributed by atoms with E-state index in [1.165, 1.54) is 11.8 Å². The fourth-order valence-electron chi connectivity index (χ4n) is 1.19. The zero-order chi connectivity index (χ0) is 11.4. The SMILES string of the molecule is Cc1nc(C)c(C(=O)O)c(SCCN)n1. The van der Waals surface area contributed by atoms with E-state index in [4.69, 9.17) is 10.8 Å². The molecule has 1 aromatic rings. The van der Waals surface area contributed by atoms with Gasteiger partial charge in [-0.25, -0.2) is 14.8 Å². The highest BCUT2D eigenvalue weighted by Gasteiger charge is 2.16. The number of carboxylic acid groups (broad SMARTS) is 1. The lowest BCUT2D eigenvalue weighted by molar-refractivity contribution is 0.0690. The summed E-state index contributed by atoms with van der Waals surface area (Å²) in [6.07, 6.45) is 0. The maximum Gasteiger partial charge on any atom is 0.340 e. The second-order valence-corrected chi connectivity index (χ2v) is 4.06. The highest BCUT2D eigenvalue weighted by molar-refractivity contribution is 7.99. The monoisotopic (exact) mass is 227 g/mol. The quantitative estimate of drug-likeness (QED) is 0.585. The van der Waals surface area contributed by atoms with Gasteiger partial charge in [-0.1, -0.05) is 0 Å². The number of carboxylic acids is 1. The summed E-state index contributed by atoms with van der Waals surface area (Å²) in [5.74, 6) is 0.236. The Morgan fingerprint density at radius 2 is 2.13 bits per heavy atom. The smallest absolute Gasteiger partial charge is 0.340 e. The number of aryl methyl sites for hydroxylation is 2. The van der Waals surface area contributed by atoms with Crippen LogP contribution in [0.25, 0.3) is 0 Å². The predicted molar refractivity (Wildman–Crippen MR) is 58.2 cm³/mol. The topological polar surface area (TPSA) is 89.1 Å². The minimum Gasteiger partial charge on any atom is -0.478 e. The molecule has 1 rings (SSSR count). The fraction of sp³-hybridized carbons (Fsp3) is 0.444. The van der Waals surface area contributed by atoms with Crippen LogP contribution in [0.1, 0.15) is 21.9 Å². The first kappa shape index (κ1) is 11.9. The third-order valence-corrected chi connectivity index (χ3v) is 2.75. The van der Waals surface area contributed by atoms with Gasteiger partial charge in [0.25, 0.3) is 0 Å². The summed E-state index contributed by atoms with van der Waals surface area (Å²) in [4.78, 5) is 19.1. The summed E-state index contributed by atoms with van der Waals surface area (Å²) < 4.78 is 0. The Balaban J connectivity index is 3.14. The van der Waals surface area contributed by atoms with E-state index in [2.05, 4.69) is 9.97 Å². The van der Waals surface area contributed by atoms with Gasteiger partial charge in [-0.3, -0.25) is 0 Å². The van der Waals surface area contributed by atoms with Crippen molar-refractivity contribution in [2.75, 3.05) is 12.3 Å². The molecule has 0 fully saturated rings. The third kappa shape index (κ3) is 2.90. The number of hydrogen-bond acceptors (Lipinski definition) is 5. The molecule has 0 bridgehead atoms. The number of nitrogens with zero attached hydrogens (tertiary/aromatic N) is 2. The summed E-state index contributed by atoms with van der Waals surface area (Å²) in [5.41, 5.74) is 6.04. The van der Waals surface area contributed by atoms with Crippen LogP contribution >= 0.6 is 11.8 Å². The van der Waals surface area contributed by atoms with Crippen molar-refractivity contribution in [1.82, 2.24) is 9.97 Å². The molecule has 0 amide bonds. The van der Waals surface area contributed by atoms with Crippen LogP contribution in [0.15, 0.2) is 5.03 Å². The Kier molecular flexibility index (Phi) is 4.05. The van der Waals surface area contributed by atoms with E-state index in [1.54, 1.807) is 13.8 Å². The van der Waals surface area contributed by atoms with Crippen molar-refractivity contribution in [1.29, 1.82) is 0 Å². The number of rotatable bonds is 4. The van der Waals surface area contributed by atoms with Gasteiger partial charge in [-0.2, -0.15) is 0 Å². The lowest BCUT2D eigenvalue weighted by Crippen LogP contribution is -2.09. The maximum atomic E-state index is 11.0. The Morgan fingerprint density at radius 1 is 1.47 bits per heavy atom. The summed E-state index contributed by atoms with van der Waals surface area (Å²) in [5, 5.41) is 9.51. The average molecular weight is 227 g/mol. The van der Waals surface area contributed by atoms with Gasteiger partial charge in [0.1, 0.15) is 16.4 Å². The molecule has 0 saturated carbocycles. The molecule has 15 heavy (non-hydrogen) atoms. The Morgan fingerprint density at radius 3 is 2.67 bits per heavy atom. The molecule has 0 spiro atoms. The van der Waals surface area contributed by atoms with Crippen LogP contribution in [0.5, 0.6) is 0 Å². The van der Waals surface area contributed by atoms with Crippen molar-refractivity contribution in [2.24, 2.45) is 5.73 Å². The molecule has 3 N–H and O–H groups in total. The van der Waals surface area contributed by atoms with Crippen LogP contribution in [0.2, 0.25) is 0 Å². The molecule has 6 heteroatoms. The first-order valence-corrected chi connectivity index (χ1v) is 5.46. The molecule has 0 aliphatic heterocycles. The zero-order valence-corrected chi connectivity index (χ0v) is 9.47. The van der Waals surface area contributed by atoms with E-state index in [-0.39, 0.29) is 5.56 Å². The van der Waals surface area contributed by atoms with Crippen LogP contribution in [0.4, 0.5) is 0 Å². The van der Waals surface area contributed by atoms with E-state index < -0.39 is 5.97 Å². The molecule has 0 unspecified atom stereocenters. The standard InChI is InChI=1S/C9H13N3O2S/c1-5-7(9(13)14)8(15-4-3-10)12-6(2)11-5/h3-4,10H2,1-2H3,(H,13,14). The Hall–Kier alpha value is -1.14. The van der Waals surface area contributed by atoms with Gasteiger partial charge in [0.05, 0.1) is 5.69 Å². The molecule has 1 heterocycles. The number of thioether (sulfide) groups is 1. The number of hydrogen-bond donors (Lipinski definition) is 2. The summed E-state index contributed by atoms with van der Waals surface area (Å²) in [6.45, 7) is 3.90. The van der Waals surface area contributed by atoms with Crippen LogP contribution in [-0.2, 0) is 0 Å². The molecule has 0 atom stereocenters. The predicted octanol–water partition coefficient (Wildman–Crippen LogP) is 0.842. The van der Waals surface area contributed by atoms with E-state index >= 15 is 0 Å². The second kappa shape index (κ2) is 5.09. The summed E-state index contributed by atoms with van der Waals surface area (Å²) in [7, 11) is 0. The third-order valence-electron chi connectivity index (χ3n) is 1.74. The van der Waals surface area contributed by atoms with Crippen molar-refractivity contribution in [3.63, 3.8) is 0 Å². The van der Waals surface area contributed by atoms with Gasteiger partial charge in [0.15, 0.2) is 0 Å². The lowest BCUT2D eigenvalue weighted by Gasteiger charge is -2.07. The molecule has 5 nitrogen and oxygen atoms in total. The van der Waals surface area contributed by atoms with E-state index in [1.807, 2.05) is 0 Å². The van der Waals surface area contributed by atoms with E-state index in [9.17, 15) is 4.79 Å². The van der Waals surface area contributed by atoms with Crippen molar-refractivity contribution in [2.45, 2.75) is 18.9 Å². The molecule has 0 aromatic carbocycles.